The molecule has 10 heteroatoms. The highest BCUT2D eigenvalue weighted by Crippen LogP contribution is 2.21. The predicted octanol–water partition coefficient (Wildman–Crippen LogP) is 0.0181. The van der Waals surface area contributed by atoms with E-state index in [1.807, 2.05) is 0 Å². The van der Waals surface area contributed by atoms with Gasteiger partial charge >= 0.3 is 0 Å². The second-order valence-electron chi connectivity index (χ2n) is 5.81. The molecule has 0 saturated carbocycles. The lowest BCUT2D eigenvalue weighted by molar-refractivity contribution is 0.0916. The molecule has 0 bridgehead atoms. The molecule has 0 spiro atoms. The van der Waals surface area contributed by atoms with E-state index in [9.17, 15) is 13.2 Å². The van der Waals surface area contributed by atoms with Crippen LogP contribution in [0.1, 0.15) is 16.2 Å². The molecule has 1 aliphatic rings. The van der Waals surface area contributed by atoms with Crippen molar-refractivity contribution in [2.75, 3.05) is 33.1 Å². The van der Waals surface area contributed by atoms with E-state index in [4.69, 9.17) is 16.3 Å². The molecule has 23 heavy (non-hydrogen) atoms. The first kappa shape index (κ1) is 18.2. The summed E-state index contributed by atoms with van der Waals surface area (Å²) in [6.07, 6.45) is 0. The zero-order valence-corrected chi connectivity index (χ0v) is 15.1. The highest BCUT2D eigenvalue weighted by Gasteiger charge is 2.35. The van der Waals surface area contributed by atoms with Crippen LogP contribution in [0.15, 0.2) is 0 Å². The molecule has 1 N–H and O–H groups in total. The molecule has 0 radical (unpaired) electrons. The van der Waals surface area contributed by atoms with Crippen LogP contribution in [0, 0.1) is 12.8 Å². The summed E-state index contributed by atoms with van der Waals surface area (Å²) in [5, 5.41) is 7.20. The number of carbonyl (C=O) groups is 1. The quantitative estimate of drug-likeness (QED) is 0.794. The van der Waals surface area contributed by atoms with Crippen molar-refractivity contribution in [3.05, 3.63) is 16.4 Å². The maximum absolute atomic E-state index is 12.4. The Hall–Kier alpha value is -1.16. The SMILES string of the molecule is Cc1nn(C)c(C(=O)N[C@@H]2COC[C@H]2CS(=O)(=O)N(C)C)c1Cl. The average molecular weight is 365 g/mol. The standard InChI is InChI=1S/C13H21ClN4O4S/c1-8-11(14)12(18(4)16-8)13(19)15-10-6-22-5-9(10)7-23(20,21)17(2)3/h9-10H,5-7H2,1-4H3,(H,15,19)/t9-,10+/m0/s1. The fourth-order valence-electron chi connectivity index (χ4n) is 2.46. The van der Waals surface area contributed by atoms with Crippen molar-refractivity contribution in [3.8, 4) is 0 Å². The number of hydrogen-bond acceptors (Lipinski definition) is 5. The number of carbonyl (C=O) groups excluding carboxylic acids is 1. The smallest absolute Gasteiger partial charge is 0.271 e. The Morgan fingerprint density at radius 1 is 1.48 bits per heavy atom. The molecule has 1 aromatic rings. The van der Waals surface area contributed by atoms with Gasteiger partial charge in [0.25, 0.3) is 5.91 Å². The van der Waals surface area contributed by atoms with Gasteiger partial charge < -0.3 is 10.1 Å². The number of rotatable bonds is 5. The number of sulfonamides is 1. The fourth-order valence-corrected chi connectivity index (χ4v) is 3.87. The van der Waals surface area contributed by atoms with Crippen molar-refractivity contribution in [2.24, 2.45) is 13.0 Å². The van der Waals surface area contributed by atoms with E-state index in [-0.39, 0.29) is 42.5 Å². The van der Waals surface area contributed by atoms with Gasteiger partial charge in [-0.1, -0.05) is 11.6 Å². The third-order valence-electron chi connectivity index (χ3n) is 3.86. The van der Waals surface area contributed by atoms with Crippen LogP contribution in [0.2, 0.25) is 5.02 Å². The summed E-state index contributed by atoms with van der Waals surface area (Å²) in [5.41, 5.74) is 0.819. The summed E-state index contributed by atoms with van der Waals surface area (Å²) in [6.45, 7) is 2.27. The van der Waals surface area contributed by atoms with Gasteiger partial charge in [0.1, 0.15) is 5.69 Å². The van der Waals surface area contributed by atoms with Crippen molar-refractivity contribution in [1.29, 1.82) is 0 Å². The number of amides is 1. The Morgan fingerprint density at radius 3 is 2.65 bits per heavy atom. The van der Waals surface area contributed by atoms with Gasteiger partial charge in [-0.2, -0.15) is 5.10 Å². The minimum Gasteiger partial charge on any atom is -0.379 e. The highest BCUT2D eigenvalue weighted by molar-refractivity contribution is 7.89. The Bertz CT molecular complexity index is 701. The lowest BCUT2D eigenvalue weighted by Crippen LogP contribution is -2.44. The molecule has 0 aliphatic carbocycles. The van der Waals surface area contributed by atoms with E-state index in [2.05, 4.69) is 10.4 Å². The van der Waals surface area contributed by atoms with Crippen LogP contribution in [0.4, 0.5) is 0 Å². The van der Waals surface area contributed by atoms with Crippen LogP contribution in [0.3, 0.4) is 0 Å². The highest BCUT2D eigenvalue weighted by atomic mass is 35.5. The summed E-state index contributed by atoms with van der Waals surface area (Å²) < 4.78 is 32.0. The average Bonchev–Trinajstić information content (AvgIpc) is 2.94. The summed E-state index contributed by atoms with van der Waals surface area (Å²) in [7, 11) is 1.23. The van der Waals surface area contributed by atoms with Gasteiger partial charge in [-0.3, -0.25) is 9.48 Å². The van der Waals surface area contributed by atoms with Gasteiger partial charge in [0.05, 0.1) is 35.7 Å². The molecule has 1 saturated heterocycles. The van der Waals surface area contributed by atoms with Crippen molar-refractivity contribution in [1.82, 2.24) is 19.4 Å². The number of halogens is 1. The van der Waals surface area contributed by atoms with Crippen LogP contribution in [0.5, 0.6) is 0 Å². The molecular formula is C13H21ClN4O4S. The minimum atomic E-state index is -3.37. The Kier molecular flexibility index (Phi) is 5.34. The van der Waals surface area contributed by atoms with Gasteiger partial charge in [-0.05, 0) is 6.92 Å². The topological polar surface area (TPSA) is 93.5 Å². The van der Waals surface area contributed by atoms with Gasteiger partial charge in [0.2, 0.25) is 10.0 Å². The molecule has 1 aliphatic heterocycles. The molecule has 0 unspecified atom stereocenters. The Labute approximate surface area is 140 Å². The van der Waals surface area contributed by atoms with Crippen molar-refractivity contribution in [3.63, 3.8) is 0 Å². The van der Waals surface area contributed by atoms with E-state index < -0.39 is 10.0 Å². The molecule has 8 nitrogen and oxygen atoms in total. The van der Waals surface area contributed by atoms with E-state index in [1.165, 1.54) is 23.1 Å². The molecule has 1 fully saturated rings. The maximum atomic E-state index is 12.4. The molecule has 1 aromatic heterocycles. The molecule has 0 aromatic carbocycles. The number of hydrogen-bond donors (Lipinski definition) is 1. The normalized spacial score (nSPS) is 21.8. The van der Waals surface area contributed by atoms with E-state index in [1.54, 1.807) is 14.0 Å². The molecule has 130 valence electrons. The van der Waals surface area contributed by atoms with Crippen molar-refractivity contribution in [2.45, 2.75) is 13.0 Å². The third kappa shape index (κ3) is 3.85. The number of nitrogens with one attached hydrogen (secondary N) is 1. The van der Waals surface area contributed by atoms with Crippen LogP contribution in [-0.4, -0.2) is 67.5 Å². The largest absolute Gasteiger partial charge is 0.379 e. The molecule has 2 rings (SSSR count). The third-order valence-corrected chi connectivity index (χ3v) is 6.27. The first-order chi connectivity index (χ1) is 10.6. The first-order valence-corrected chi connectivity index (χ1v) is 9.10. The van der Waals surface area contributed by atoms with Gasteiger partial charge in [-0.25, -0.2) is 12.7 Å². The predicted molar refractivity (Wildman–Crippen MR) is 86.0 cm³/mol. The van der Waals surface area contributed by atoms with E-state index >= 15 is 0 Å². The number of aryl methyl sites for hydroxylation is 2. The van der Waals surface area contributed by atoms with Crippen LogP contribution in [0.25, 0.3) is 0 Å². The molecule has 1 amide bonds. The van der Waals surface area contributed by atoms with Crippen molar-refractivity contribution >= 4 is 27.5 Å². The summed E-state index contributed by atoms with van der Waals surface area (Å²) >= 11 is 6.10. The van der Waals surface area contributed by atoms with E-state index in [0.29, 0.717) is 10.7 Å². The second kappa shape index (κ2) is 6.76. The second-order valence-corrected chi connectivity index (χ2v) is 8.42. The monoisotopic (exact) mass is 364 g/mol. The van der Waals surface area contributed by atoms with Gasteiger partial charge in [0, 0.05) is 27.1 Å². The summed E-state index contributed by atoms with van der Waals surface area (Å²) in [4.78, 5) is 12.4. The van der Waals surface area contributed by atoms with E-state index in [0.717, 1.165) is 0 Å². The minimum absolute atomic E-state index is 0.0803. The van der Waals surface area contributed by atoms with Crippen molar-refractivity contribution < 1.29 is 17.9 Å². The first-order valence-electron chi connectivity index (χ1n) is 7.11. The van der Waals surface area contributed by atoms with Crippen LogP contribution >= 0.6 is 11.6 Å². The van der Waals surface area contributed by atoms with Gasteiger partial charge in [-0.15, -0.1) is 0 Å². The van der Waals surface area contributed by atoms with Crippen LogP contribution in [-0.2, 0) is 21.8 Å². The zero-order valence-electron chi connectivity index (χ0n) is 13.5. The lowest BCUT2D eigenvalue weighted by atomic mass is 10.1. The summed E-state index contributed by atoms with van der Waals surface area (Å²) in [6, 6.07) is -0.386. The zero-order chi connectivity index (χ0) is 17.4. The lowest BCUT2D eigenvalue weighted by Gasteiger charge is -2.21. The number of nitrogens with zero attached hydrogens (tertiary/aromatic N) is 3. The Morgan fingerprint density at radius 2 is 2.13 bits per heavy atom. The van der Waals surface area contributed by atoms with Gasteiger partial charge in [0.15, 0.2) is 0 Å². The Balaban J connectivity index is 2.11. The molecular weight excluding hydrogens is 344 g/mol. The molecule has 2 heterocycles. The molecule has 2 atom stereocenters. The summed E-state index contributed by atoms with van der Waals surface area (Å²) in [5.74, 6) is -0.774. The fraction of sp³-hybridized carbons (Fsp3) is 0.692. The van der Waals surface area contributed by atoms with Crippen LogP contribution < -0.4 is 5.32 Å². The number of aromatic nitrogens is 2. The maximum Gasteiger partial charge on any atom is 0.271 e. The number of ether oxygens (including phenoxy) is 1.